The molecule has 0 atom stereocenters. The molecule has 0 saturated heterocycles. The monoisotopic (exact) mass is 262 g/mol. The van der Waals surface area contributed by atoms with Gasteiger partial charge in [-0.1, -0.05) is 27.7 Å². The Morgan fingerprint density at radius 2 is 1.68 bits per heavy atom. The molecule has 0 spiro atoms. The summed E-state index contributed by atoms with van der Waals surface area (Å²) in [7, 11) is 0. The molecule has 1 aromatic rings. The molecule has 0 aromatic carbocycles. The number of rotatable bonds is 2. The van der Waals surface area contributed by atoms with Gasteiger partial charge in [-0.05, 0) is 42.2 Å². The van der Waals surface area contributed by atoms with E-state index in [0.717, 1.165) is 18.7 Å². The fraction of sp³-hybridized carbons (Fsp3) is 0.667. The zero-order valence-corrected chi connectivity index (χ0v) is 12.5. The molecule has 4 heteroatoms. The minimum absolute atomic E-state index is 0.360. The van der Waals surface area contributed by atoms with Gasteiger partial charge in [0.05, 0.1) is 5.69 Å². The van der Waals surface area contributed by atoms with Crippen molar-refractivity contribution in [1.29, 1.82) is 0 Å². The van der Waals surface area contributed by atoms with Crippen LogP contribution < -0.4 is 16.8 Å². The molecule has 1 heterocycles. The molecule has 1 aliphatic rings. The molecule has 0 aliphatic heterocycles. The summed E-state index contributed by atoms with van der Waals surface area (Å²) in [5.74, 6) is 1.23. The average molecular weight is 262 g/mol. The molecule has 4 nitrogen and oxygen atoms in total. The Kier molecular flexibility index (Phi) is 3.37. The molecule has 19 heavy (non-hydrogen) atoms. The number of hydrogen-bond acceptors (Lipinski definition) is 4. The van der Waals surface area contributed by atoms with Crippen LogP contribution in [0.3, 0.4) is 0 Å². The lowest BCUT2D eigenvalue weighted by Crippen LogP contribution is -2.40. The van der Waals surface area contributed by atoms with Gasteiger partial charge in [-0.25, -0.2) is 4.98 Å². The summed E-state index contributed by atoms with van der Waals surface area (Å²) in [5, 5.41) is 3.51. The van der Waals surface area contributed by atoms with Crippen molar-refractivity contribution in [3.05, 3.63) is 12.1 Å². The van der Waals surface area contributed by atoms with Crippen molar-refractivity contribution in [2.24, 2.45) is 10.8 Å². The second kappa shape index (κ2) is 4.58. The summed E-state index contributed by atoms with van der Waals surface area (Å²) in [6.45, 7) is 9.36. The number of nitrogen functional groups attached to an aromatic ring is 2. The maximum Gasteiger partial charge on any atom is 0.149 e. The highest BCUT2D eigenvalue weighted by molar-refractivity contribution is 5.61. The number of nitrogens with one attached hydrogen (secondary N) is 1. The van der Waals surface area contributed by atoms with Gasteiger partial charge in [0, 0.05) is 6.04 Å². The van der Waals surface area contributed by atoms with E-state index >= 15 is 0 Å². The first-order valence-corrected chi connectivity index (χ1v) is 6.95. The van der Waals surface area contributed by atoms with Crippen LogP contribution in [0.5, 0.6) is 0 Å². The van der Waals surface area contributed by atoms with E-state index in [4.69, 9.17) is 11.5 Å². The third kappa shape index (κ3) is 3.52. The van der Waals surface area contributed by atoms with Crippen molar-refractivity contribution >= 4 is 17.3 Å². The lowest BCUT2D eigenvalue weighted by molar-refractivity contribution is 0.105. The minimum atomic E-state index is 0.360. The van der Waals surface area contributed by atoms with Crippen molar-refractivity contribution in [2.75, 3.05) is 16.8 Å². The third-order valence-electron chi connectivity index (χ3n) is 3.86. The van der Waals surface area contributed by atoms with Crippen LogP contribution in [0.25, 0.3) is 0 Å². The van der Waals surface area contributed by atoms with Crippen LogP contribution in [0.15, 0.2) is 12.1 Å². The van der Waals surface area contributed by atoms with Crippen molar-refractivity contribution in [2.45, 2.75) is 53.0 Å². The standard InChI is InChI=1S/C15H26N4/c1-14(2)7-10(8-15(3,4)9-14)18-12-6-5-11(16)13(17)19-12/h5-6,10H,7-9,16H2,1-4H3,(H3,17,18,19). The van der Waals surface area contributed by atoms with E-state index in [9.17, 15) is 0 Å². The second-order valence-corrected chi connectivity index (χ2v) is 7.43. The van der Waals surface area contributed by atoms with Crippen molar-refractivity contribution in [3.63, 3.8) is 0 Å². The molecule has 0 bridgehead atoms. The summed E-state index contributed by atoms with van der Waals surface area (Å²) in [6.07, 6.45) is 3.57. The summed E-state index contributed by atoms with van der Waals surface area (Å²) in [5.41, 5.74) is 12.7. The van der Waals surface area contributed by atoms with Crippen molar-refractivity contribution in [1.82, 2.24) is 4.98 Å². The van der Waals surface area contributed by atoms with E-state index in [-0.39, 0.29) is 0 Å². The van der Waals surface area contributed by atoms with Gasteiger partial charge in [0.2, 0.25) is 0 Å². The lowest BCUT2D eigenvalue weighted by Gasteiger charge is -2.45. The Balaban J connectivity index is 2.11. The normalized spacial score (nSPS) is 22.1. The molecule has 0 amide bonds. The number of anilines is 3. The zero-order valence-electron chi connectivity index (χ0n) is 12.5. The quantitative estimate of drug-likeness (QED) is 0.764. The Labute approximate surface area is 116 Å². The molecule has 1 saturated carbocycles. The average Bonchev–Trinajstić information content (AvgIpc) is 2.18. The van der Waals surface area contributed by atoms with Gasteiger partial charge in [-0.15, -0.1) is 0 Å². The highest BCUT2D eigenvalue weighted by atomic mass is 15.0. The van der Waals surface area contributed by atoms with E-state index in [0.29, 0.717) is 28.4 Å². The molecule has 5 N–H and O–H groups in total. The minimum Gasteiger partial charge on any atom is -0.396 e. The van der Waals surface area contributed by atoms with Crippen LogP contribution in [0.1, 0.15) is 47.0 Å². The highest BCUT2D eigenvalue weighted by Crippen LogP contribution is 2.46. The smallest absolute Gasteiger partial charge is 0.149 e. The SMILES string of the molecule is CC1(C)CC(Nc2ccc(N)c(N)n2)CC(C)(C)C1. The first-order chi connectivity index (χ1) is 8.67. The third-order valence-corrected chi connectivity index (χ3v) is 3.86. The van der Waals surface area contributed by atoms with Crippen LogP contribution in [-0.2, 0) is 0 Å². The summed E-state index contributed by atoms with van der Waals surface area (Å²) in [6, 6.07) is 4.15. The molecule has 1 aromatic heterocycles. The largest absolute Gasteiger partial charge is 0.396 e. The summed E-state index contributed by atoms with van der Waals surface area (Å²) < 4.78 is 0. The second-order valence-electron chi connectivity index (χ2n) is 7.43. The van der Waals surface area contributed by atoms with E-state index in [1.54, 1.807) is 0 Å². The van der Waals surface area contributed by atoms with Gasteiger partial charge in [-0.3, -0.25) is 0 Å². The predicted octanol–water partition coefficient (Wildman–Crippen LogP) is 3.26. The fourth-order valence-corrected chi connectivity index (χ4v) is 3.72. The van der Waals surface area contributed by atoms with Gasteiger partial charge < -0.3 is 16.8 Å². The lowest BCUT2D eigenvalue weighted by atomic mass is 9.63. The first kappa shape index (κ1) is 14.0. The predicted molar refractivity (Wildman–Crippen MR) is 81.9 cm³/mol. The maximum absolute atomic E-state index is 5.76. The Morgan fingerprint density at radius 1 is 1.11 bits per heavy atom. The Morgan fingerprint density at radius 3 is 2.21 bits per heavy atom. The summed E-state index contributed by atoms with van der Waals surface area (Å²) in [4.78, 5) is 4.30. The van der Waals surface area contributed by atoms with E-state index in [2.05, 4.69) is 38.0 Å². The molecule has 1 fully saturated rings. The summed E-state index contributed by atoms with van der Waals surface area (Å²) >= 11 is 0. The van der Waals surface area contributed by atoms with Crippen LogP contribution in [0.2, 0.25) is 0 Å². The first-order valence-electron chi connectivity index (χ1n) is 6.95. The maximum atomic E-state index is 5.76. The van der Waals surface area contributed by atoms with Crippen molar-refractivity contribution < 1.29 is 0 Å². The van der Waals surface area contributed by atoms with E-state index in [1.165, 1.54) is 6.42 Å². The Bertz CT molecular complexity index is 449. The van der Waals surface area contributed by atoms with Crippen LogP contribution in [0.4, 0.5) is 17.3 Å². The molecular formula is C15H26N4. The van der Waals surface area contributed by atoms with Crippen molar-refractivity contribution in [3.8, 4) is 0 Å². The molecule has 106 valence electrons. The van der Waals surface area contributed by atoms with Crippen LogP contribution in [0, 0.1) is 10.8 Å². The number of pyridine rings is 1. The Hall–Kier alpha value is -1.45. The van der Waals surface area contributed by atoms with Crippen LogP contribution >= 0.6 is 0 Å². The van der Waals surface area contributed by atoms with E-state index in [1.807, 2.05) is 12.1 Å². The topological polar surface area (TPSA) is 77.0 Å². The van der Waals surface area contributed by atoms with Gasteiger partial charge >= 0.3 is 0 Å². The molecule has 0 unspecified atom stereocenters. The number of aromatic nitrogens is 1. The van der Waals surface area contributed by atoms with Gasteiger partial charge in [0.15, 0.2) is 0 Å². The van der Waals surface area contributed by atoms with Gasteiger partial charge in [0.1, 0.15) is 11.6 Å². The zero-order chi connectivity index (χ0) is 14.3. The molecule has 0 radical (unpaired) electrons. The molecule has 2 rings (SSSR count). The number of nitrogens with zero attached hydrogens (tertiary/aromatic N) is 1. The molecular weight excluding hydrogens is 236 g/mol. The number of nitrogens with two attached hydrogens (primary N) is 2. The number of hydrogen-bond donors (Lipinski definition) is 3. The fourth-order valence-electron chi connectivity index (χ4n) is 3.72. The van der Waals surface area contributed by atoms with Gasteiger partial charge in [0.25, 0.3) is 0 Å². The van der Waals surface area contributed by atoms with Crippen LogP contribution in [-0.4, -0.2) is 11.0 Å². The molecule has 1 aliphatic carbocycles. The highest BCUT2D eigenvalue weighted by Gasteiger charge is 2.38. The van der Waals surface area contributed by atoms with Gasteiger partial charge in [-0.2, -0.15) is 0 Å². The van der Waals surface area contributed by atoms with E-state index < -0.39 is 0 Å².